The van der Waals surface area contributed by atoms with E-state index in [0.29, 0.717) is 17.9 Å². The van der Waals surface area contributed by atoms with Crippen LogP contribution in [-0.2, 0) is 0 Å². The highest BCUT2D eigenvalue weighted by Gasteiger charge is 2.27. The Morgan fingerprint density at radius 3 is 2.67 bits per heavy atom. The van der Waals surface area contributed by atoms with Crippen LogP contribution in [0.5, 0.6) is 0 Å². The van der Waals surface area contributed by atoms with Gasteiger partial charge in [-0.2, -0.15) is 0 Å². The van der Waals surface area contributed by atoms with E-state index in [0.717, 1.165) is 11.3 Å². The molecule has 1 saturated carbocycles. The van der Waals surface area contributed by atoms with Crippen LogP contribution in [0, 0.1) is 24.6 Å². The second-order valence-corrected chi connectivity index (χ2v) is 5.90. The van der Waals surface area contributed by atoms with Crippen molar-refractivity contribution in [1.29, 1.82) is 0 Å². The van der Waals surface area contributed by atoms with Gasteiger partial charge in [0.05, 0.1) is 0 Å². The molecule has 1 nitrogen and oxygen atoms in total. The Morgan fingerprint density at radius 2 is 1.94 bits per heavy atom. The quantitative estimate of drug-likeness (QED) is 0.814. The van der Waals surface area contributed by atoms with Gasteiger partial charge in [-0.05, 0) is 49.3 Å². The van der Waals surface area contributed by atoms with Gasteiger partial charge in [-0.3, -0.25) is 0 Å². The van der Waals surface area contributed by atoms with Crippen molar-refractivity contribution in [3.05, 3.63) is 29.6 Å². The summed E-state index contributed by atoms with van der Waals surface area (Å²) in [6, 6.07) is 5.51. The molecule has 2 unspecified atom stereocenters. The fourth-order valence-electron chi connectivity index (χ4n) is 3.09. The fraction of sp³-hybridized carbons (Fsp3) is 0.625. The summed E-state index contributed by atoms with van der Waals surface area (Å²) in [5.41, 5.74) is 2.09. The second-order valence-electron chi connectivity index (χ2n) is 5.90. The first-order valence-corrected chi connectivity index (χ1v) is 7.10. The number of anilines is 1. The van der Waals surface area contributed by atoms with Crippen LogP contribution >= 0.6 is 0 Å². The summed E-state index contributed by atoms with van der Waals surface area (Å²) in [4.78, 5) is 0. The normalized spacial score (nSPS) is 24.3. The smallest absolute Gasteiger partial charge is 0.125 e. The van der Waals surface area contributed by atoms with E-state index in [2.05, 4.69) is 19.2 Å². The summed E-state index contributed by atoms with van der Waals surface area (Å²) in [6.07, 6.45) is 5.13. The zero-order chi connectivity index (χ0) is 13.1. The van der Waals surface area contributed by atoms with Crippen LogP contribution in [0.3, 0.4) is 0 Å². The maximum atomic E-state index is 13.3. The molecule has 2 atom stereocenters. The number of hydrogen-bond donors (Lipinski definition) is 1. The van der Waals surface area contributed by atoms with Gasteiger partial charge in [-0.1, -0.05) is 32.8 Å². The third-order valence-electron chi connectivity index (χ3n) is 4.22. The van der Waals surface area contributed by atoms with Crippen molar-refractivity contribution in [3.63, 3.8) is 0 Å². The highest BCUT2D eigenvalue weighted by molar-refractivity contribution is 5.51. The van der Waals surface area contributed by atoms with Crippen LogP contribution in [-0.4, -0.2) is 6.04 Å². The van der Waals surface area contributed by atoms with E-state index in [1.807, 2.05) is 13.0 Å². The van der Waals surface area contributed by atoms with E-state index in [-0.39, 0.29) is 5.82 Å². The molecule has 1 fully saturated rings. The Balaban J connectivity index is 2.13. The average molecular weight is 249 g/mol. The van der Waals surface area contributed by atoms with Crippen LogP contribution in [0.4, 0.5) is 10.1 Å². The molecular formula is C16H24FN. The fourth-order valence-corrected chi connectivity index (χ4v) is 3.09. The molecule has 0 saturated heterocycles. The molecule has 1 aliphatic rings. The lowest BCUT2D eigenvalue weighted by Crippen LogP contribution is -2.35. The molecule has 2 rings (SSSR count). The Labute approximate surface area is 110 Å². The van der Waals surface area contributed by atoms with E-state index in [4.69, 9.17) is 0 Å². The maximum Gasteiger partial charge on any atom is 0.125 e. The lowest BCUT2D eigenvalue weighted by Gasteiger charge is -2.36. The van der Waals surface area contributed by atoms with Crippen molar-refractivity contribution >= 4 is 5.69 Å². The van der Waals surface area contributed by atoms with Crippen molar-refractivity contribution in [2.45, 2.75) is 52.5 Å². The molecule has 100 valence electrons. The summed E-state index contributed by atoms with van der Waals surface area (Å²) < 4.78 is 13.3. The molecule has 0 aromatic heterocycles. The maximum absolute atomic E-state index is 13.3. The SMILES string of the molecule is Cc1ccc(F)cc1NC1CCCCC1C(C)C. The van der Waals surface area contributed by atoms with Crippen LogP contribution in [0.15, 0.2) is 18.2 Å². The summed E-state index contributed by atoms with van der Waals surface area (Å²) in [6.45, 7) is 6.63. The predicted octanol–water partition coefficient (Wildman–Crippen LogP) is 4.76. The molecule has 2 heteroatoms. The van der Waals surface area contributed by atoms with Crippen LogP contribution in [0.25, 0.3) is 0 Å². The molecule has 0 heterocycles. The number of benzene rings is 1. The zero-order valence-corrected chi connectivity index (χ0v) is 11.7. The minimum Gasteiger partial charge on any atom is -0.382 e. The lowest BCUT2D eigenvalue weighted by molar-refractivity contribution is 0.253. The first-order chi connectivity index (χ1) is 8.58. The molecule has 0 aliphatic heterocycles. The third-order valence-corrected chi connectivity index (χ3v) is 4.22. The molecule has 0 amide bonds. The topological polar surface area (TPSA) is 12.0 Å². The highest BCUT2D eigenvalue weighted by Crippen LogP contribution is 2.33. The third kappa shape index (κ3) is 3.04. The van der Waals surface area contributed by atoms with Gasteiger partial charge in [0.1, 0.15) is 5.82 Å². The summed E-state index contributed by atoms with van der Waals surface area (Å²) in [7, 11) is 0. The van der Waals surface area contributed by atoms with Gasteiger partial charge in [-0.15, -0.1) is 0 Å². The molecule has 1 aliphatic carbocycles. The molecule has 1 aromatic rings. The summed E-state index contributed by atoms with van der Waals surface area (Å²) in [5.74, 6) is 1.25. The van der Waals surface area contributed by atoms with Gasteiger partial charge >= 0.3 is 0 Å². The second kappa shape index (κ2) is 5.73. The largest absolute Gasteiger partial charge is 0.382 e. The predicted molar refractivity (Wildman–Crippen MR) is 75.3 cm³/mol. The Kier molecular flexibility index (Phi) is 4.26. The molecule has 1 aromatic carbocycles. The summed E-state index contributed by atoms with van der Waals surface area (Å²) in [5, 5.41) is 3.58. The van der Waals surface area contributed by atoms with Gasteiger partial charge in [0, 0.05) is 11.7 Å². The van der Waals surface area contributed by atoms with E-state index >= 15 is 0 Å². The van der Waals surface area contributed by atoms with Gasteiger partial charge in [0.15, 0.2) is 0 Å². The number of rotatable bonds is 3. The molecule has 0 spiro atoms. The van der Waals surface area contributed by atoms with E-state index in [1.54, 1.807) is 6.07 Å². The number of halogens is 1. The van der Waals surface area contributed by atoms with Gasteiger partial charge in [0.2, 0.25) is 0 Å². The number of hydrogen-bond acceptors (Lipinski definition) is 1. The zero-order valence-electron chi connectivity index (χ0n) is 11.7. The molecule has 1 N–H and O–H groups in total. The van der Waals surface area contributed by atoms with E-state index < -0.39 is 0 Å². The first kappa shape index (κ1) is 13.4. The van der Waals surface area contributed by atoms with Crippen molar-refractivity contribution in [3.8, 4) is 0 Å². The number of aryl methyl sites for hydroxylation is 1. The van der Waals surface area contributed by atoms with Crippen LogP contribution < -0.4 is 5.32 Å². The van der Waals surface area contributed by atoms with Crippen molar-refractivity contribution in [2.75, 3.05) is 5.32 Å². The van der Waals surface area contributed by atoms with Gasteiger partial charge in [-0.25, -0.2) is 4.39 Å². The molecule has 18 heavy (non-hydrogen) atoms. The standard InChI is InChI=1S/C16H24FN/c1-11(2)14-6-4-5-7-15(14)18-16-10-13(17)9-8-12(16)3/h8-11,14-15,18H,4-7H2,1-3H3. The van der Waals surface area contributed by atoms with Gasteiger partial charge < -0.3 is 5.32 Å². The Bertz CT molecular complexity index is 400. The van der Waals surface area contributed by atoms with E-state index in [1.165, 1.54) is 31.7 Å². The van der Waals surface area contributed by atoms with E-state index in [9.17, 15) is 4.39 Å². The summed E-state index contributed by atoms with van der Waals surface area (Å²) >= 11 is 0. The average Bonchev–Trinajstić information content (AvgIpc) is 2.34. The minimum atomic E-state index is -0.153. The van der Waals surface area contributed by atoms with Gasteiger partial charge in [0.25, 0.3) is 0 Å². The van der Waals surface area contributed by atoms with Crippen LogP contribution in [0.2, 0.25) is 0 Å². The lowest BCUT2D eigenvalue weighted by atomic mass is 9.77. The monoisotopic (exact) mass is 249 g/mol. The van der Waals surface area contributed by atoms with Crippen molar-refractivity contribution < 1.29 is 4.39 Å². The number of nitrogens with one attached hydrogen (secondary N) is 1. The van der Waals surface area contributed by atoms with Crippen LogP contribution in [0.1, 0.15) is 45.1 Å². The van der Waals surface area contributed by atoms with Crippen molar-refractivity contribution in [2.24, 2.45) is 11.8 Å². The molecule has 0 radical (unpaired) electrons. The van der Waals surface area contributed by atoms with Crippen molar-refractivity contribution in [1.82, 2.24) is 0 Å². The minimum absolute atomic E-state index is 0.153. The first-order valence-electron chi connectivity index (χ1n) is 7.10. The molecular weight excluding hydrogens is 225 g/mol. The Morgan fingerprint density at radius 1 is 1.22 bits per heavy atom. The highest BCUT2D eigenvalue weighted by atomic mass is 19.1. The molecule has 0 bridgehead atoms. The Hall–Kier alpha value is -1.05.